The summed E-state index contributed by atoms with van der Waals surface area (Å²) < 4.78 is 99.9. The summed E-state index contributed by atoms with van der Waals surface area (Å²) >= 11 is 0. The van der Waals surface area contributed by atoms with Gasteiger partial charge in [0.15, 0.2) is 5.69 Å². The molecule has 0 bridgehead atoms. The van der Waals surface area contributed by atoms with Gasteiger partial charge in [0.05, 0.1) is 0 Å². The minimum Gasteiger partial charge on any atom is -0.423 e. The van der Waals surface area contributed by atoms with Gasteiger partial charge in [-0.15, -0.1) is 0 Å². The summed E-state index contributed by atoms with van der Waals surface area (Å²) in [6.45, 7) is 2.47. The van der Waals surface area contributed by atoms with Gasteiger partial charge >= 0.3 is 25.4 Å². The number of allylic oxidation sites excluding steroid dienone is 2. The van der Waals surface area contributed by atoms with E-state index in [1.54, 1.807) is 20.0 Å². The standard InChI is InChI=1S/C8H6F8N2.C5H10BNO2/c1-3-4(7(11,12)13)5(17-18(3)2)6(9,10)8(14,15)16;1-3-5(4-7-2)6(8)9/h1-2H3;3-4,8-9H,1-2H3/b;5-3+,7-4?. The van der Waals surface area contributed by atoms with E-state index < -0.39 is 42.3 Å². The summed E-state index contributed by atoms with van der Waals surface area (Å²) in [4.78, 5) is 3.61. The van der Waals surface area contributed by atoms with E-state index >= 15 is 0 Å². The first-order valence-electron chi connectivity index (χ1n) is 7.02. The molecule has 0 fully saturated rings. The van der Waals surface area contributed by atoms with Crippen LogP contribution in [0.15, 0.2) is 16.5 Å². The molecule has 1 aromatic heterocycles. The molecule has 14 heteroatoms. The maximum Gasteiger partial charge on any atom is 0.489 e. The van der Waals surface area contributed by atoms with E-state index in [-0.39, 0.29) is 0 Å². The van der Waals surface area contributed by atoms with E-state index in [0.29, 0.717) is 10.2 Å². The van der Waals surface area contributed by atoms with Crippen LogP contribution in [0.25, 0.3) is 0 Å². The first-order chi connectivity index (χ1) is 12.0. The molecule has 0 saturated heterocycles. The van der Waals surface area contributed by atoms with Crippen LogP contribution in [0.1, 0.15) is 23.9 Å². The first-order valence-corrected chi connectivity index (χ1v) is 7.02. The summed E-state index contributed by atoms with van der Waals surface area (Å²) in [6.07, 6.45) is -8.49. The molecule has 2 N–H and O–H groups in total. The number of aliphatic imine (C=N–C) groups is 1. The molecule has 0 radical (unpaired) electrons. The van der Waals surface area contributed by atoms with Gasteiger partial charge < -0.3 is 10.0 Å². The smallest absolute Gasteiger partial charge is 0.423 e. The van der Waals surface area contributed by atoms with Gasteiger partial charge in [0, 0.05) is 26.0 Å². The van der Waals surface area contributed by atoms with Crippen molar-refractivity contribution in [3.8, 4) is 0 Å². The third-order valence-electron chi connectivity index (χ3n) is 3.18. The number of halogens is 8. The summed E-state index contributed by atoms with van der Waals surface area (Å²) in [5.41, 5.74) is -4.80. The lowest BCUT2D eigenvalue weighted by Crippen LogP contribution is -2.36. The maximum atomic E-state index is 12.9. The molecule has 0 spiro atoms. The SMILES string of the molecule is C/C=C(\C=NC)B(O)O.Cc1c(C(F)(F)F)c(C(F)(F)C(F)(F)F)nn1C. The Balaban J connectivity index is 0.000000636. The molecule has 1 heterocycles. The molecule has 0 unspecified atom stereocenters. The number of hydrogen-bond acceptors (Lipinski definition) is 4. The van der Waals surface area contributed by atoms with Crippen molar-refractivity contribution in [3.63, 3.8) is 0 Å². The highest BCUT2D eigenvalue weighted by molar-refractivity contribution is 6.56. The van der Waals surface area contributed by atoms with Crippen LogP contribution in [0.3, 0.4) is 0 Å². The van der Waals surface area contributed by atoms with Crippen molar-refractivity contribution in [2.75, 3.05) is 7.05 Å². The second kappa shape index (κ2) is 8.82. The summed E-state index contributed by atoms with van der Waals surface area (Å²) in [5, 5.41) is 19.7. The van der Waals surface area contributed by atoms with Crippen molar-refractivity contribution in [1.29, 1.82) is 0 Å². The van der Waals surface area contributed by atoms with Gasteiger partial charge in [-0.2, -0.15) is 40.2 Å². The van der Waals surface area contributed by atoms with Crippen molar-refractivity contribution in [3.05, 3.63) is 28.5 Å². The van der Waals surface area contributed by atoms with E-state index in [9.17, 15) is 35.1 Å². The predicted molar refractivity (Wildman–Crippen MR) is 81.3 cm³/mol. The van der Waals surface area contributed by atoms with Crippen molar-refractivity contribution in [2.45, 2.75) is 32.1 Å². The normalized spacial score (nSPS) is 13.6. The van der Waals surface area contributed by atoms with Crippen molar-refractivity contribution < 1.29 is 45.2 Å². The summed E-state index contributed by atoms with van der Waals surface area (Å²) in [5.74, 6) is -5.66. The number of aromatic nitrogens is 2. The Hall–Kier alpha value is -1.96. The Bertz CT molecular complexity index is 693. The lowest BCUT2D eigenvalue weighted by atomic mass is 9.80. The van der Waals surface area contributed by atoms with E-state index in [4.69, 9.17) is 10.0 Å². The maximum absolute atomic E-state index is 12.9. The van der Waals surface area contributed by atoms with Crippen LogP contribution >= 0.6 is 0 Å². The predicted octanol–water partition coefficient (Wildman–Crippen LogP) is 3.05. The third kappa shape index (κ3) is 6.02. The Morgan fingerprint density at radius 2 is 1.59 bits per heavy atom. The van der Waals surface area contributed by atoms with Crippen LogP contribution in [0, 0.1) is 6.92 Å². The summed E-state index contributed by atoms with van der Waals surface area (Å²) in [6, 6.07) is 0. The minimum atomic E-state index is -6.15. The van der Waals surface area contributed by atoms with Gasteiger partial charge in [0.2, 0.25) is 0 Å². The lowest BCUT2D eigenvalue weighted by molar-refractivity contribution is -0.292. The van der Waals surface area contributed by atoms with Crippen LogP contribution in [-0.2, 0) is 19.1 Å². The Morgan fingerprint density at radius 3 is 1.85 bits per heavy atom. The van der Waals surface area contributed by atoms with Crippen molar-refractivity contribution in [1.82, 2.24) is 9.78 Å². The van der Waals surface area contributed by atoms with E-state index in [2.05, 4.69) is 10.1 Å². The monoisotopic (exact) mass is 409 g/mol. The van der Waals surface area contributed by atoms with Crippen LogP contribution in [0.4, 0.5) is 35.1 Å². The number of aryl methyl sites for hydroxylation is 1. The molecule has 27 heavy (non-hydrogen) atoms. The first kappa shape index (κ1) is 25.0. The molecule has 0 saturated carbocycles. The fourth-order valence-electron chi connectivity index (χ4n) is 1.74. The van der Waals surface area contributed by atoms with Crippen molar-refractivity contribution >= 4 is 13.3 Å². The fourth-order valence-corrected chi connectivity index (χ4v) is 1.74. The molecule has 0 aliphatic heterocycles. The zero-order valence-corrected chi connectivity index (χ0v) is 14.5. The van der Waals surface area contributed by atoms with Gasteiger partial charge in [-0.3, -0.25) is 9.67 Å². The van der Waals surface area contributed by atoms with Crippen molar-refractivity contribution in [2.24, 2.45) is 12.0 Å². The average molecular weight is 409 g/mol. The number of hydrogen-bond donors (Lipinski definition) is 2. The Morgan fingerprint density at radius 1 is 1.11 bits per heavy atom. The quantitative estimate of drug-likeness (QED) is 0.458. The molecule has 0 aliphatic rings. The molecule has 154 valence electrons. The minimum absolute atomic E-state index is 0.331. The van der Waals surface area contributed by atoms with Gasteiger partial charge in [0.25, 0.3) is 0 Å². The number of nitrogens with zero attached hydrogens (tertiary/aromatic N) is 3. The number of rotatable bonds is 3. The Labute approximate surface area is 149 Å². The highest BCUT2D eigenvalue weighted by atomic mass is 19.4. The van der Waals surface area contributed by atoms with Gasteiger partial charge in [-0.05, 0) is 19.3 Å². The molecule has 0 atom stereocenters. The van der Waals surface area contributed by atoms with E-state index in [1.165, 1.54) is 6.21 Å². The lowest BCUT2D eigenvalue weighted by Gasteiger charge is -2.19. The zero-order chi connectivity index (χ0) is 21.8. The highest BCUT2D eigenvalue weighted by Crippen LogP contribution is 2.48. The second-order valence-electron chi connectivity index (χ2n) is 5.05. The molecule has 0 aliphatic carbocycles. The van der Waals surface area contributed by atoms with E-state index in [1.807, 2.05) is 0 Å². The fraction of sp³-hybridized carbons (Fsp3) is 0.538. The van der Waals surface area contributed by atoms with E-state index in [0.717, 1.165) is 14.0 Å². The Kier molecular flexibility index (Phi) is 8.18. The van der Waals surface area contributed by atoms with Crippen LogP contribution in [-0.4, -0.2) is 46.4 Å². The third-order valence-corrected chi connectivity index (χ3v) is 3.18. The topological polar surface area (TPSA) is 70.6 Å². The number of alkyl halides is 8. The molecular formula is C13H16BF8N3O2. The second-order valence-corrected chi connectivity index (χ2v) is 5.05. The molecule has 1 rings (SSSR count). The van der Waals surface area contributed by atoms with Crippen LogP contribution in [0.2, 0.25) is 0 Å². The van der Waals surface area contributed by atoms with Crippen LogP contribution < -0.4 is 0 Å². The molecule has 1 aromatic rings. The van der Waals surface area contributed by atoms with Crippen LogP contribution in [0.5, 0.6) is 0 Å². The molecular weight excluding hydrogens is 393 g/mol. The largest absolute Gasteiger partial charge is 0.489 e. The molecule has 0 aromatic carbocycles. The molecule has 5 nitrogen and oxygen atoms in total. The highest BCUT2D eigenvalue weighted by Gasteiger charge is 2.63. The van der Waals surface area contributed by atoms with Gasteiger partial charge in [0.1, 0.15) is 5.56 Å². The zero-order valence-electron chi connectivity index (χ0n) is 14.5. The van der Waals surface area contributed by atoms with Gasteiger partial charge in [-0.25, -0.2) is 0 Å². The summed E-state index contributed by atoms with van der Waals surface area (Å²) in [7, 11) is 1.02. The molecule has 0 amide bonds. The van der Waals surface area contributed by atoms with Gasteiger partial charge in [-0.1, -0.05) is 6.08 Å². The average Bonchev–Trinajstić information content (AvgIpc) is 2.80.